The Balaban J connectivity index is 1.29. The summed E-state index contributed by atoms with van der Waals surface area (Å²) in [5.74, 6) is -0.710. The number of rotatable bonds is 6. The van der Waals surface area contributed by atoms with E-state index in [-0.39, 0.29) is 30.4 Å². The van der Waals surface area contributed by atoms with Crippen molar-refractivity contribution in [3.8, 4) is 0 Å². The molecule has 166 valence electrons. The van der Waals surface area contributed by atoms with Gasteiger partial charge in [0.25, 0.3) is 11.8 Å². The number of carbonyl (C=O) groups excluding carboxylic acids is 3. The van der Waals surface area contributed by atoms with Crippen molar-refractivity contribution in [3.05, 3.63) is 54.6 Å². The molecule has 2 aromatic carbocycles. The smallest absolute Gasteiger partial charge is 0.319 e. The van der Waals surface area contributed by atoms with Crippen LogP contribution in [0.15, 0.2) is 59.6 Å². The number of hydrogen-bond donors (Lipinski definition) is 4. The largest absolute Gasteiger partial charge is 0.376 e. The second kappa shape index (κ2) is 9.92. The Morgan fingerprint density at radius 2 is 1.78 bits per heavy atom. The highest BCUT2D eigenvalue weighted by molar-refractivity contribution is 6.43. The van der Waals surface area contributed by atoms with E-state index in [2.05, 4.69) is 26.4 Å². The quantitative estimate of drug-likeness (QED) is 0.550. The van der Waals surface area contributed by atoms with E-state index in [1.807, 2.05) is 6.07 Å². The van der Waals surface area contributed by atoms with Crippen molar-refractivity contribution in [2.75, 3.05) is 35.3 Å². The molecule has 4 rings (SSSR count). The predicted octanol–water partition coefficient (Wildman–Crippen LogP) is 1.88. The van der Waals surface area contributed by atoms with Gasteiger partial charge < -0.3 is 20.7 Å². The molecule has 1 atom stereocenters. The summed E-state index contributed by atoms with van der Waals surface area (Å²) < 4.78 is 5.47. The maximum absolute atomic E-state index is 12.6. The fourth-order valence-electron chi connectivity index (χ4n) is 3.34. The van der Waals surface area contributed by atoms with Crippen LogP contribution in [0, 0.1) is 0 Å². The molecule has 32 heavy (non-hydrogen) atoms. The topological polar surface area (TPSA) is 124 Å². The zero-order valence-corrected chi connectivity index (χ0v) is 17.3. The van der Waals surface area contributed by atoms with E-state index >= 15 is 0 Å². The number of urea groups is 1. The molecule has 0 aromatic heterocycles. The molecule has 2 heterocycles. The van der Waals surface area contributed by atoms with Gasteiger partial charge in [0, 0.05) is 24.5 Å². The van der Waals surface area contributed by atoms with Gasteiger partial charge in [-0.05, 0) is 49.2 Å². The summed E-state index contributed by atoms with van der Waals surface area (Å²) in [6.45, 7) is 1.08. The van der Waals surface area contributed by atoms with Crippen LogP contribution in [-0.2, 0) is 14.3 Å². The van der Waals surface area contributed by atoms with E-state index in [4.69, 9.17) is 4.74 Å². The average molecular weight is 436 g/mol. The standard InChI is InChI=1S/C22H24N6O4/c29-19-14-23-20(27-28(19)17-5-2-1-3-6-17)21(30)25-15-8-10-16(11-9-15)26-22(31)24-13-18-7-4-12-32-18/h1-3,5-6,8-11,18H,4,7,12-14H2,(H,23,27)(H,25,30)(H2,24,26,31)/t18-/m1/s1. The lowest BCUT2D eigenvalue weighted by Gasteiger charge is -2.27. The van der Waals surface area contributed by atoms with E-state index in [9.17, 15) is 14.4 Å². The summed E-state index contributed by atoms with van der Waals surface area (Å²) in [4.78, 5) is 40.8. The molecule has 4 amide bonds. The van der Waals surface area contributed by atoms with Crippen LogP contribution in [0.5, 0.6) is 0 Å². The number of hydrogen-bond acceptors (Lipinski definition) is 6. The number of aliphatic imine (C=N–C) groups is 1. The van der Waals surface area contributed by atoms with E-state index in [1.54, 1.807) is 48.5 Å². The van der Waals surface area contributed by atoms with Crippen molar-refractivity contribution < 1.29 is 19.1 Å². The maximum atomic E-state index is 12.6. The number of benzene rings is 2. The molecule has 0 unspecified atom stereocenters. The monoisotopic (exact) mass is 436 g/mol. The third kappa shape index (κ3) is 5.41. The maximum Gasteiger partial charge on any atom is 0.319 e. The van der Waals surface area contributed by atoms with Crippen LogP contribution in [0.1, 0.15) is 12.8 Å². The van der Waals surface area contributed by atoms with Crippen LogP contribution < -0.4 is 26.4 Å². The van der Waals surface area contributed by atoms with Crippen LogP contribution in [0.3, 0.4) is 0 Å². The van der Waals surface area contributed by atoms with Gasteiger partial charge in [0.1, 0.15) is 6.54 Å². The molecule has 1 fully saturated rings. The SMILES string of the molecule is O=C(NC[C@H]1CCCO1)Nc1ccc(NC(=O)C2=NCC(=O)N(c3ccccc3)N2)cc1. The average Bonchev–Trinajstić information content (AvgIpc) is 3.34. The van der Waals surface area contributed by atoms with Gasteiger partial charge in [0.05, 0.1) is 11.8 Å². The second-order valence-corrected chi connectivity index (χ2v) is 7.34. The summed E-state index contributed by atoms with van der Waals surface area (Å²) >= 11 is 0. The molecule has 0 bridgehead atoms. The first kappa shape index (κ1) is 21.3. The van der Waals surface area contributed by atoms with Gasteiger partial charge in [-0.1, -0.05) is 18.2 Å². The van der Waals surface area contributed by atoms with Crippen molar-refractivity contribution in [2.45, 2.75) is 18.9 Å². The fraction of sp³-hybridized carbons (Fsp3) is 0.273. The van der Waals surface area contributed by atoms with Crippen molar-refractivity contribution in [3.63, 3.8) is 0 Å². The second-order valence-electron chi connectivity index (χ2n) is 7.34. The summed E-state index contributed by atoms with van der Waals surface area (Å²) in [7, 11) is 0. The Labute approximate surface area is 185 Å². The molecular formula is C22H24N6O4. The molecule has 4 N–H and O–H groups in total. The number of carbonyl (C=O) groups is 3. The van der Waals surface area contributed by atoms with Crippen molar-refractivity contribution in [2.24, 2.45) is 4.99 Å². The van der Waals surface area contributed by atoms with Crippen molar-refractivity contribution >= 4 is 40.7 Å². The van der Waals surface area contributed by atoms with Crippen LogP contribution in [0.4, 0.5) is 21.9 Å². The summed E-state index contributed by atoms with van der Waals surface area (Å²) in [5.41, 5.74) is 4.48. The highest BCUT2D eigenvalue weighted by atomic mass is 16.5. The van der Waals surface area contributed by atoms with Crippen LogP contribution in [0.25, 0.3) is 0 Å². The number of ether oxygens (including phenoxy) is 1. The van der Waals surface area contributed by atoms with Gasteiger partial charge in [-0.15, -0.1) is 0 Å². The van der Waals surface area contributed by atoms with Crippen LogP contribution in [-0.4, -0.2) is 49.5 Å². The van der Waals surface area contributed by atoms with E-state index in [1.165, 1.54) is 5.01 Å². The fourth-order valence-corrected chi connectivity index (χ4v) is 3.34. The first-order valence-corrected chi connectivity index (χ1v) is 10.4. The number of nitrogens with one attached hydrogen (secondary N) is 4. The van der Waals surface area contributed by atoms with Crippen molar-refractivity contribution in [1.82, 2.24) is 10.7 Å². The number of hydrazine groups is 1. The molecule has 10 heteroatoms. The Morgan fingerprint density at radius 3 is 2.47 bits per heavy atom. The lowest BCUT2D eigenvalue weighted by molar-refractivity contribution is -0.118. The third-order valence-corrected chi connectivity index (χ3v) is 4.98. The highest BCUT2D eigenvalue weighted by Crippen LogP contribution is 2.16. The number of nitrogens with zero attached hydrogens (tertiary/aromatic N) is 2. The molecule has 2 aromatic rings. The van der Waals surface area contributed by atoms with Gasteiger partial charge in [0.2, 0.25) is 5.84 Å². The van der Waals surface area contributed by atoms with E-state index in [0.717, 1.165) is 19.4 Å². The molecule has 0 radical (unpaired) electrons. The van der Waals surface area contributed by atoms with Gasteiger partial charge >= 0.3 is 6.03 Å². The number of amidine groups is 1. The molecule has 0 saturated carbocycles. The minimum absolute atomic E-state index is 0.0316. The minimum atomic E-state index is -0.478. The zero-order valence-electron chi connectivity index (χ0n) is 17.3. The summed E-state index contributed by atoms with van der Waals surface area (Å²) in [6.07, 6.45) is 2.04. The summed E-state index contributed by atoms with van der Waals surface area (Å²) in [5, 5.41) is 9.55. The molecule has 2 aliphatic rings. The first-order chi connectivity index (χ1) is 15.6. The number of para-hydroxylation sites is 1. The molecule has 1 saturated heterocycles. The number of anilines is 3. The van der Waals surface area contributed by atoms with Gasteiger partial charge in [-0.25, -0.2) is 9.80 Å². The Bertz CT molecular complexity index is 1000. The molecule has 0 spiro atoms. The summed E-state index contributed by atoms with van der Waals surface area (Å²) in [6, 6.07) is 15.3. The van der Waals surface area contributed by atoms with Crippen molar-refractivity contribution in [1.29, 1.82) is 0 Å². The van der Waals surface area contributed by atoms with E-state index in [0.29, 0.717) is 23.6 Å². The van der Waals surface area contributed by atoms with Gasteiger partial charge in [-0.2, -0.15) is 0 Å². The van der Waals surface area contributed by atoms with Gasteiger partial charge in [-0.3, -0.25) is 20.0 Å². The molecule has 0 aliphatic carbocycles. The minimum Gasteiger partial charge on any atom is -0.376 e. The Morgan fingerprint density at radius 1 is 1.06 bits per heavy atom. The molecular weight excluding hydrogens is 412 g/mol. The van der Waals surface area contributed by atoms with Crippen LogP contribution >= 0.6 is 0 Å². The lowest BCUT2D eigenvalue weighted by atomic mass is 10.2. The predicted molar refractivity (Wildman–Crippen MR) is 120 cm³/mol. The first-order valence-electron chi connectivity index (χ1n) is 10.4. The lowest BCUT2D eigenvalue weighted by Crippen LogP contribution is -2.54. The molecule has 10 nitrogen and oxygen atoms in total. The third-order valence-electron chi connectivity index (χ3n) is 4.98. The Hall–Kier alpha value is -3.92. The van der Waals surface area contributed by atoms with E-state index < -0.39 is 5.91 Å². The van der Waals surface area contributed by atoms with Gasteiger partial charge in [0.15, 0.2) is 0 Å². The normalized spacial score (nSPS) is 17.9. The number of amides is 4. The van der Waals surface area contributed by atoms with Crippen LogP contribution in [0.2, 0.25) is 0 Å². The highest BCUT2D eigenvalue weighted by Gasteiger charge is 2.25. The molecule has 2 aliphatic heterocycles. The Kier molecular flexibility index (Phi) is 6.61. The zero-order chi connectivity index (χ0) is 22.3.